The number of anilines is 1. The minimum Gasteiger partial charge on any atom is -0.450 e. The van der Waals surface area contributed by atoms with E-state index >= 15 is 0 Å². The summed E-state index contributed by atoms with van der Waals surface area (Å²) < 4.78 is 4.73. The monoisotopic (exact) mass is 275 g/mol. The molecule has 0 fully saturated rings. The van der Waals surface area contributed by atoms with Gasteiger partial charge in [0.05, 0.1) is 12.1 Å². The van der Waals surface area contributed by atoms with Crippen LogP contribution in [0.4, 0.5) is 10.5 Å². The lowest BCUT2D eigenvalue weighted by molar-refractivity contribution is 0.158. The Labute approximate surface area is 116 Å². The first kappa shape index (κ1) is 13.2. The average Bonchev–Trinajstić information content (AvgIpc) is 2.38. The molecule has 0 saturated carbocycles. The second-order valence-corrected chi connectivity index (χ2v) is 4.12. The summed E-state index contributed by atoms with van der Waals surface area (Å²) in [5, 5.41) is 6.52. The Hall–Kier alpha value is -2.21. The van der Waals surface area contributed by atoms with Gasteiger partial charge in [-0.1, -0.05) is 6.07 Å². The number of thiocarbonyl (C=S) groups is 1. The molecule has 0 aliphatic heterocycles. The third-order valence-corrected chi connectivity index (χ3v) is 2.56. The van der Waals surface area contributed by atoms with Crippen molar-refractivity contribution in [1.29, 1.82) is 0 Å². The van der Waals surface area contributed by atoms with Gasteiger partial charge >= 0.3 is 6.09 Å². The summed E-state index contributed by atoms with van der Waals surface area (Å²) in [6.07, 6.45) is 1.17. The highest BCUT2D eigenvalue weighted by atomic mass is 32.1. The Morgan fingerprint density at radius 2 is 2.26 bits per heavy atom. The number of hydrogen-bond donors (Lipinski definition) is 2. The van der Waals surface area contributed by atoms with Gasteiger partial charge in [0.2, 0.25) is 0 Å². The van der Waals surface area contributed by atoms with E-state index < -0.39 is 6.09 Å². The van der Waals surface area contributed by atoms with Gasteiger partial charge in [-0.25, -0.2) is 4.79 Å². The van der Waals surface area contributed by atoms with Gasteiger partial charge in [-0.05, 0) is 43.4 Å². The highest BCUT2D eigenvalue weighted by Gasteiger charge is 2.05. The number of nitrogens with zero attached hydrogens (tertiary/aromatic N) is 1. The number of benzene rings is 1. The van der Waals surface area contributed by atoms with Crippen molar-refractivity contribution in [1.82, 2.24) is 10.3 Å². The normalized spacial score (nSPS) is 9.95. The molecular formula is C13H13N3O2S. The molecule has 1 aromatic carbocycles. The number of aromatic nitrogens is 1. The number of fused-ring (bicyclic) bond motifs is 1. The SMILES string of the molecule is CCOC(=O)NC(=S)Nc1ccc2ncccc2c1. The molecule has 2 aromatic rings. The molecule has 0 radical (unpaired) electrons. The molecule has 0 unspecified atom stereocenters. The molecule has 98 valence electrons. The van der Waals surface area contributed by atoms with Gasteiger partial charge in [-0.15, -0.1) is 0 Å². The van der Waals surface area contributed by atoms with E-state index in [-0.39, 0.29) is 5.11 Å². The quantitative estimate of drug-likeness (QED) is 0.825. The lowest BCUT2D eigenvalue weighted by atomic mass is 10.2. The number of hydrogen-bond acceptors (Lipinski definition) is 4. The van der Waals surface area contributed by atoms with E-state index in [1.165, 1.54) is 0 Å². The molecule has 1 heterocycles. The predicted octanol–water partition coefficient (Wildman–Crippen LogP) is 2.68. The predicted molar refractivity (Wildman–Crippen MR) is 78.1 cm³/mol. The first-order valence-corrected chi connectivity index (χ1v) is 6.19. The second-order valence-electron chi connectivity index (χ2n) is 3.71. The van der Waals surface area contributed by atoms with E-state index in [0.29, 0.717) is 6.61 Å². The molecule has 0 saturated heterocycles. The maximum atomic E-state index is 11.2. The number of nitrogens with one attached hydrogen (secondary N) is 2. The van der Waals surface area contributed by atoms with E-state index in [0.717, 1.165) is 16.6 Å². The number of ether oxygens (including phenoxy) is 1. The summed E-state index contributed by atoms with van der Waals surface area (Å²) >= 11 is 5.01. The molecule has 0 aliphatic carbocycles. The van der Waals surface area contributed by atoms with Crippen molar-refractivity contribution in [3.8, 4) is 0 Å². The maximum Gasteiger partial charge on any atom is 0.413 e. The van der Waals surface area contributed by atoms with Crippen molar-refractivity contribution in [3.05, 3.63) is 36.5 Å². The van der Waals surface area contributed by atoms with Gasteiger partial charge in [0.25, 0.3) is 0 Å². The van der Waals surface area contributed by atoms with Gasteiger partial charge in [-0.2, -0.15) is 0 Å². The Balaban J connectivity index is 2.04. The lowest BCUT2D eigenvalue weighted by Gasteiger charge is -2.09. The van der Waals surface area contributed by atoms with Gasteiger partial charge in [0.15, 0.2) is 5.11 Å². The fraction of sp³-hybridized carbons (Fsp3) is 0.154. The van der Waals surface area contributed by atoms with Crippen molar-refractivity contribution in [2.75, 3.05) is 11.9 Å². The zero-order valence-electron chi connectivity index (χ0n) is 10.3. The van der Waals surface area contributed by atoms with E-state index in [9.17, 15) is 4.79 Å². The van der Waals surface area contributed by atoms with Crippen LogP contribution in [0.3, 0.4) is 0 Å². The van der Waals surface area contributed by atoms with E-state index in [1.807, 2.05) is 30.3 Å². The molecule has 2 N–H and O–H groups in total. The molecule has 0 bridgehead atoms. The number of alkyl carbamates (subject to hydrolysis) is 1. The zero-order chi connectivity index (χ0) is 13.7. The molecular weight excluding hydrogens is 262 g/mol. The van der Waals surface area contributed by atoms with Crippen molar-refractivity contribution < 1.29 is 9.53 Å². The molecule has 0 spiro atoms. The molecule has 1 amide bonds. The van der Waals surface area contributed by atoms with Crippen molar-refractivity contribution in [2.24, 2.45) is 0 Å². The number of amides is 1. The first-order valence-electron chi connectivity index (χ1n) is 5.78. The highest BCUT2D eigenvalue weighted by molar-refractivity contribution is 7.80. The van der Waals surface area contributed by atoms with Crippen LogP contribution in [0.25, 0.3) is 10.9 Å². The number of carbonyl (C=O) groups is 1. The topological polar surface area (TPSA) is 63.2 Å². The Morgan fingerprint density at radius 3 is 3.05 bits per heavy atom. The van der Waals surface area contributed by atoms with Crippen LogP contribution in [0.1, 0.15) is 6.92 Å². The third kappa shape index (κ3) is 3.62. The first-order chi connectivity index (χ1) is 9.19. The smallest absolute Gasteiger partial charge is 0.413 e. The van der Waals surface area contributed by atoms with Gasteiger partial charge in [0, 0.05) is 17.3 Å². The summed E-state index contributed by atoms with van der Waals surface area (Å²) in [5.74, 6) is 0. The molecule has 0 atom stereocenters. The van der Waals surface area contributed by atoms with Crippen LogP contribution in [-0.4, -0.2) is 22.8 Å². The van der Waals surface area contributed by atoms with Crippen molar-refractivity contribution in [3.63, 3.8) is 0 Å². The Bertz CT molecular complexity index is 616. The van der Waals surface area contributed by atoms with Gasteiger partial charge < -0.3 is 10.1 Å². The zero-order valence-corrected chi connectivity index (χ0v) is 11.2. The second kappa shape index (κ2) is 6.10. The molecule has 1 aromatic heterocycles. The molecule has 5 nitrogen and oxygen atoms in total. The molecule has 0 aliphatic rings. The summed E-state index contributed by atoms with van der Waals surface area (Å²) in [5.41, 5.74) is 1.68. The number of rotatable bonds is 2. The fourth-order valence-electron chi connectivity index (χ4n) is 1.58. The lowest BCUT2D eigenvalue weighted by Crippen LogP contribution is -2.34. The number of pyridine rings is 1. The Morgan fingerprint density at radius 1 is 1.42 bits per heavy atom. The maximum absolute atomic E-state index is 11.2. The highest BCUT2D eigenvalue weighted by Crippen LogP contribution is 2.16. The minimum absolute atomic E-state index is 0.196. The Kier molecular flexibility index (Phi) is 4.25. The minimum atomic E-state index is -0.567. The van der Waals surface area contributed by atoms with E-state index in [4.69, 9.17) is 17.0 Å². The van der Waals surface area contributed by atoms with Crippen LogP contribution < -0.4 is 10.6 Å². The van der Waals surface area contributed by atoms with E-state index in [1.54, 1.807) is 13.1 Å². The van der Waals surface area contributed by atoms with Gasteiger partial charge in [-0.3, -0.25) is 10.3 Å². The van der Waals surface area contributed by atoms with Crippen LogP contribution in [-0.2, 0) is 4.74 Å². The summed E-state index contributed by atoms with van der Waals surface area (Å²) in [7, 11) is 0. The third-order valence-electron chi connectivity index (χ3n) is 2.35. The van der Waals surface area contributed by atoms with Crippen LogP contribution in [0, 0.1) is 0 Å². The largest absolute Gasteiger partial charge is 0.450 e. The number of carbonyl (C=O) groups excluding carboxylic acids is 1. The molecule has 6 heteroatoms. The summed E-state index contributed by atoms with van der Waals surface area (Å²) in [6.45, 7) is 2.03. The summed E-state index contributed by atoms with van der Waals surface area (Å²) in [4.78, 5) is 15.4. The van der Waals surface area contributed by atoms with Crippen LogP contribution in [0.15, 0.2) is 36.5 Å². The van der Waals surface area contributed by atoms with Crippen LogP contribution in [0.5, 0.6) is 0 Å². The van der Waals surface area contributed by atoms with Crippen LogP contribution in [0.2, 0.25) is 0 Å². The molecule has 2 rings (SSSR count). The van der Waals surface area contributed by atoms with E-state index in [2.05, 4.69) is 15.6 Å². The standard InChI is InChI=1S/C13H13N3O2S/c1-2-18-13(17)16-12(19)15-10-5-6-11-9(8-10)4-3-7-14-11/h3-8H,2H2,1H3,(H2,15,16,17,19). The van der Waals surface area contributed by atoms with Crippen molar-refractivity contribution in [2.45, 2.75) is 6.92 Å². The average molecular weight is 275 g/mol. The summed E-state index contributed by atoms with van der Waals surface area (Å²) in [6, 6.07) is 9.44. The van der Waals surface area contributed by atoms with Crippen molar-refractivity contribution >= 4 is 40.0 Å². The van der Waals surface area contributed by atoms with Crippen LogP contribution >= 0.6 is 12.2 Å². The van der Waals surface area contributed by atoms with Gasteiger partial charge in [0.1, 0.15) is 0 Å². The molecule has 19 heavy (non-hydrogen) atoms. The fourth-order valence-corrected chi connectivity index (χ4v) is 1.78.